The summed E-state index contributed by atoms with van der Waals surface area (Å²) in [5, 5.41) is 11.5. The first kappa shape index (κ1) is 22.6. The molecule has 2 aromatic carbocycles. The molecule has 1 aliphatic rings. The van der Waals surface area contributed by atoms with Crippen molar-refractivity contribution in [2.24, 2.45) is 0 Å². The average molecular weight is 485 g/mol. The Bertz CT molecular complexity index is 1260. The number of carbonyl (C=O) groups excluding carboxylic acids is 2. The topological polar surface area (TPSA) is 89.0 Å². The molecule has 0 aliphatic carbocycles. The number of rotatable bonds is 5. The zero-order valence-corrected chi connectivity index (χ0v) is 19.1. The number of hydrogen-bond acceptors (Lipinski definition) is 6. The molecule has 0 radical (unpaired) electrons. The Balaban J connectivity index is 2.01. The van der Waals surface area contributed by atoms with Crippen LogP contribution in [0.15, 0.2) is 66.4 Å². The summed E-state index contributed by atoms with van der Waals surface area (Å²) in [4.78, 5) is 32.0. The first-order valence-electron chi connectivity index (χ1n) is 9.78. The van der Waals surface area contributed by atoms with E-state index in [2.05, 4.69) is 4.98 Å². The smallest absolute Gasteiger partial charge is 0.300 e. The lowest BCUT2D eigenvalue weighted by Crippen LogP contribution is -2.29. The van der Waals surface area contributed by atoms with Gasteiger partial charge in [-0.3, -0.25) is 19.5 Å². The van der Waals surface area contributed by atoms with Gasteiger partial charge in [0, 0.05) is 11.9 Å². The second-order valence-electron chi connectivity index (χ2n) is 7.05. The summed E-state index contributed by atoms with van der Waals surface area (Å²) in [6.07, 6.45) is 1.54. The Kier molecular flexibility index (Phi) is 6.26. The lowest BCUT2D eigenvalue weighted by atomic mass is 9.97. The number of halogens is 2. The minimum Gasteiger partial charge on any atom is -0.507 e. The fourth-order valence-corrected chi connectivity index (χ4v) is 4.48. The van der Waals surface area contributed by atoms with E-state index in [4.69, 9.17) is 32.7 Å². The molecule has 1 unspecified atom stereocenters. The lowest BCUT2D eigenvalue weighted by Gasteiger charge is -2.24. The second-order valence-corrected chi connectivity index (χ2v) is 7.83. The van der Waals surface area contributed by atoms with Gasteiger partial charge >= 0.3 is 0 Å². The fraction of sp³-hybridized carbons (Fsp3) is 0.125. The summed E-state index contributed by atoms with van der Waals surface area (Å²) >= 11 is 12.7. The molecule has 7 nitrogen and oxygen atoms in total. The van der Waals surface area contributed by atoms with Gasteiger partial charge in [0.1, 0.15) is 16.8 Å². The van der Waals surface area contributed by atoms with Crippen LogP contribution in [-0.2, 0) is 9.59 Å². The standard InChI is InChI=1S/C24H18Cl2N2O5/c1-32-22-14(12-15(25)23(33-2)18(22)26)20(29)17-19(16-10-6-7-11-27-16)28(24(31)21(17)30)13-8-4-3-5-9-13/h3-12,19,29H,1-2H3/b20-17+. The van der Waals surface area contributed by atoms with E-state index in [1.165, 1.54) is 25.2 Å². The van der Waals surface area contributed by atoms with Gasteiger partial charge < -0.3 is 14.6 Å². The van der Waals surface area contributed by atoms with Crippen molar-refractivity contribution in [1.29, 1.82) is 0 Å². The number of ether oxygens (including phenoxy) is 2. The summed E-state index contributed by atoms with van der Waals surface area (Å²) in [5.41, 5.74) is 0.747. The van der Waals surface area contributed by atoms with Crippen molar-refractivity contribution in [3.8, 4) is 11.5 Å². The molecular weight excluding hydrogens is 467 g/mol. The molecule has 0 bridgehead atoms. The van der Waals surface area contributed by atoms with E-state index >= 15 is 0 Å². The fourth-order valence-electron chi connectivity index (χ4n) is 3.80. The van der Waals surface area contributed by atoms with E-state index in [0.717, 1.165) is 0 Å². The Morgan fingerprint density at radius 1 is 1.00 bits per heavy atom. The van der Waals surface area contributed by atoms with Gasteiger partial charge in [0.25, 0.3) is 11.7 Å². The molecular formula is C24H18Cl2N2O5. The number of ketones is 1. The summed E-state index contributed by atoms with van der Waals surface area (Å²) in [5.74, 6) is -1.98. The van der Waals surface area contributed by atoms with Gasteiger partial charge in [-0.05, 0) is 30.3 Å². The molecule has 1 aliphatic heterocycles. The molecule has 1 aromatic heterocycles. The molecule has 4 rings (SSSR count). The van der Waals surface area contributed by atoms with Gasteiger partial charge in [-0.15, -0.1) is 0 Å². The third-order valence-corrected chi connectivity index (χ3v) is 5.87. The van der Waals surface area contributed by atoms with Gasteiger partial charge in [0.05, 0.1) is 36.1 Å². The van der Waals surface area contributed by atoms with E-state index in [0.29, 0.717) is 11.4 Å². The minimum absolute atomic E-state index is 0.0146. The maximum Gasteiger partial charge on any atom is 0.300 e. The largest absolute Gasteiger partial charge is 0.507 e. The molecule has 33 heavy (non-hydrogen) atoms. The van der Waals surface area contributed by atoms with E-state index in [-0.39, 0.29) is 32.7 Å². The van der Waals surface area contributed by atoms with Crippen LogP contribution in [0.1, 0.15) is 17.3 Å². The van der Waals surface area contributed by atoms with E-state index in [9.17, 15) is 14.7 Å². The number of amides is 1. The van der Waals surface area contributed by atoms with Crippen molar-refractivity contribution >= 4 is 46.3 Å². The SMILES string of the molecule is COc1c(Cl)cc(/C(O)=C2\C(=O)C(=O)N(c3ccccc3)C2c2ccccn2)c(OC)c1Cl. The molecule has 3 aromatic rings. The van der Waals surface area contributed by atoms with Gasteiger partial charge in [-0.1, -0.05) is 47.5 Å². The average Bonchev–Trinajstić information content (AvgIpc) is 3.10. The van der Waals surface area contributed by atoms with Crippen LogP contribution >= 0.6 is 23.2 Å². The van der Waals surface area contributed by atoms with Gasteiger partial charge in [0.15, 0.2) is 11.5 Å². The van der Waals surface area contributed by atoms with E-state index in [1.54, 1.807) is 54.7 Å². The highest BCUT2D eigenvalue weighted by Gasteiger charge is 2.48. The number of pyridine rings is 1. The first-order chi connectivity index (χ1) is 15.9. The highest BCUT2D eigenvalue weighted by atomic mass is 35.5. The molecule has 168 valence electrons. The highest BCUT2D eigenvalue weighted by Crippen LogP contribution is 2.47. The maximum atomic E-state index is 13.2. The molecule has 2 heterocycles. The number of aromatic nitrogens is 1. The number of para-hydroxylation sites is 1. The van der Waals surface area contributed by atoms with Crippen molar-refractivity contribution in [2.75, 3.05) is 19.1 Å². The zero-order valence-electron chi connectivity index (χ0n) is 17.6. The Morgan fingerprint density at radius 2 is 1.67 bits per heavy atom. The van der Waals surface area contributed by atoms with Crippen LogP contribution < -0.4 is 14.4 Å². The normalized spacial score (nSPS) is 17.3. The van der Waals surface area contributed by atoms with Crippen molar-refractivity contribution in [3.05, 3.63) is 87.7 Å². The van der Waals surface area contributed by atoms with Crippen LogP contribution in [-0.4, -0.2) is 36.0 Å². The number of benzene rings is 2. The summed E-state index contributed by atoms with van der Waals surface area (Å²) in [6, 6.07) is 14.2. The Hall–Kier alpha value is -3.55. The predicted molar refractivity (Wildman–Crippen MR) is 125 cm³/mol. The summed E-state index contributed by atoms with van der Waals surface area (Å²) < 4.78 is 10.6. The number of nitrogens with zero attached hydrogens (tertiary/aromatic N) is 2. The van der Waals surface area contributed by atoms with Crippen LogP contribution in [0.2, 0.25) is 10.0 Å². The van der Waals surface area contributed by atoms with Crippen molar-refractivity contribution in [3.63, 3.8) is 0 Å². The van der Waals surface area contributed by atoms with Crippen LogP contribution in [0.4, 0.5) is 5.69 Å². The zero-order chi connectivity index (χ0) is 23.7. The van der Waals surface area contributed by atoms with Crippen LogP contribution in [0.5, 0.6) is 11.5 Å². The van der Waals surface area contributed by atoms with Gasteiger partial charge in [-0.2, -0.15) is 0 Å². The lowest BCUT2D eigenvalue weighted by molar-refractivity contribution is -0.132. The number of methoxy groups -OCH3 is 2. The molecule has 1 atom stereocenters. The molecule has 1 saturated heterocycles. The number of hydrogen-bond donors (Lipinski definition) is 1. The summed E-state index contributed by atoms with van der Waals surface area (Å²) in [7, 11) is 2.74. The Labute approximate surface area is 199 Å². The quantitative estimate of drug-likeness (QED) is 0.310. The third-order valence-electron chi connectivity index (χ3n) is 5.24. The Morgan fingerprint density at radius 3 is 2.27 bits per heavy atom. The van der Waals surface area contributed by atoms with Crippen molar-refractivity contribution < 1.29 is 24.2 Å². The van der Waals surface area contributed by atoms with Gasteiger partial charge in [-0.25, -0.2) is 0 Å². The van der Waals surface area contributed by atoms with E-state index in [1.807, 2.05) is 0 Å². The summed E-state index contributed by atoms with van der Waals surface area (Å²) in [6.45, 7) is 0. The molecule has 9 heteroatoms. The van der Waals surface area contributed by atoms with Crippen molar-refractivity contribution in [1.82, 2.24) is 4.98 Å². The van der Waals surface area contributed by atoms with Crippen molar-refractivity contribution in [2.45, 2.75) is 6.04 Å². The molecule has 1 amide bonds. The van der Waals surface area contributed by atoms with E-state index < -0.39 is 23.5 Å². The number of aliphatic hydroxyl groups is 1. The first-order valence-corrected chi connectivity index (χ1v) is 10.5. The van der Waals surface area contributed by atoms with Gasteiger partial charge in [0.2, 0.25) is 0 Å². The number of aliphatic hydroxyl groups excluding tert-OH is 1. The highest BCUT2D eigenvalue weighted by molar-refractivity contribution is 6.51. The molecule has 1 fully saturated rings. The second kappa shape index (κ2) is 9.13. The molecule has 0 saturated carbocycles. The molecule has 1 N–H and O–H groups in total. The third kappa shape index (κ3) is 3.79. The van der Waals surface area contributed by atoms with Crippen LogP contribution in [0.3, 0.4) is 0 Å². The molecule has 0 spiro atoms. The monoisotopic (exact) mass is 484 g/mol. The number of anilines is 1. The number of carbonyl (C=O) groups is 2. The predicted octanol–water partition coefficient (Wildman–Crippen LogP) is 5.03. The maximum absolute atomic E-state index is 13.2. The van der Waals surface area contributed by atoms with Crippen LogP contribution in [0.25, 0.3) is 5.76 Å². The van der Waals surface area contributed by atoms with Crippen LogP contribution in [0, 0.1) is 0 Å². The minimum atomic E-state index is -0.988. The number of Topliss-reactive ketones (excluding diaryl/α,β-unsaturated/α-hetero) is 1.